The highest BCUT2D eigenvalue weighted by Gasteiger charge is 2.20. The van der Waals surface area contributed by atoms with E-state index >= 15 is 0 Å². The SMILES string of the molecule is O=C(Nc1ccc(Cl)cc1)N1CNC(=N[N+](=O)[O-])NC1. The van der Waals surface area contributed by atoms with Crippen LogP contribution in [0, 0.1) is 10.1 Å². The molecule has 0 spiro atoms. The Balaban J connectivity index is 1.89. The normalized spacial score (nSPS) is 14.1. The molecule has 20 heavy (non-hydrogen) atoms. The molecular weight excluding hydrogens is 288 g/mol. The predicted octanol–water partition coefficient (Wildman–Crippen LogP) is 0.829. The van der Waals surface area contributed by atoms with Crippen molar-refractivity contribution >= 4 is 29.3 Å². The van der Waals surface area contributed by atoms with Gasteiger partial charge in [0.25, 0.3) is 5.96 Å². The molecule has 1 saturated heterocycles. The first kappa shape index (κ1) is 13.9. The van der Waals surface area contributed by atoms with Gasteiger partial charge < -0.3 is 16.0 Å². The molecule has 0 bridgehead atoms. The van der Waals surface area contributed by atoms with Crippen molar-refractivity contribution < 1.29 is 9.83 Å². The summed E-state index contributed by atoms with van der Waals surface area (Å²) in [6, 6.07) is 6.31. The van der Waals surface area contributed by atoms with Crippen LogP contribution in [0.5, 0.6) is 0 Å². The van der Waals surface area contributed by atoms with Crippen molar-refractivity contribution in [3.63, 3.8) is 0 Å². The van der Waals surface area contributed by atoms with Crippen LogP contribution in [-0.2, 0) is 0 Å². The van der Waals surface area contributed by atoms with Crippen molar-refractivity contribution in [1.29, 1.82) is 0 Å². The number of nitrogens with one attached hydrogen (secondary N) is 3. The third-order valence-corrected chi connectivity index (χ3v) is 2.69. The molecule has 0 aliphatic carbocycles. The molecular formula is C10H11ClN6O3. The van der Waals surface area contributed by atoms with Gasteiger partial charge in [-0.1, -0.05) is 11.6 Å². The molecule has 1 aliphatic heterocycles. The largest absolute Gasteiger partial charge is 0.333 e. The third-order valence-electron chi connectivity index (χ3n) is 2.44. The van der Waals surface area contributed by atoms with E-state index in [1.54, 1.807) is 24.3 Å². The molecule has 1 heterocycles. The minimum absolute atomic E-state index is 0.0190. The maximum atomic E-state index is 11.9. The zero-order valence-electron chi connectivity index (χ0n) is 10.2. The molecule has 1 aromatic carbocycles. The minimum Gasteiger partial charge on any atom is -0.333 e. The Kier molecular flexibility index (Phi) is 4.20. The molecule has 1 aliphatic rings. The van der Waals surface area contributed by atoms with Crippen molar-refractivity contribution in [3.05, 3.63) is 39.4 Å². The average Bonchev–Trinajstić information content (AvgIpc) is 2.41. The first-order valence-corrected chi connectivity index (χ1v) is 5.94. The minimum atomic E-state index is -0.821. The number of nitro groups is 1. The smallest absolute Gasteiger partial charge is 0.324 e. The van der Waals surface area contributed by atoms with E-state index < -0.39 is 5.03 Å². The lowest BCUT2D eigenvalue weighted by Gasteiger charge is -2.28. The molecule has 0 unspecified atom stereocenters. The van der Waals surface area contributed by atoms with E-state index in [9.17, 15) is 14.9 Å². The maximum Gasteiger partial charge on any atom is 0.324 e. The molecule has 0 aromatic heterocycles. The van der Waals surface area contributed by atoms with E-state index in [-0.39, 0.29) is 25.3 Å². The Labute approximate surface area is 118 Å². The Bertz CT molecular complexity index is 536. The standard InChI is InChI=1S/C10H11ClN6O3/c11-7-1-3-8(4-2-7)14-10(18)16-5-12-9(13-6-16)15-17(19)20/h1-4H,5-6H2,(H,14,18)(H2,12,13,15). The summed E-state index contributed by atoms with van der Waals surface area (Å²) in [5.41, 5.74) is 0.601. The fourth-order valence-electron chi connectivity index (χ4n) is 1.49. The second kappa shape index (κ2) is 6.06. The number of hydrogen-bond donors (Lipinski definition) is 3. The van der Waals surface area contributed by atoms with E-state index in [1.165, 1.54) is 4.90 Å². The van der Waals surface area contributed by atoms with Crippen molar-refractivity contribution in [3.8, 4) is 0 Å². The fraction of sp³-hybridized carbons (Fsp3) is 0.200. The van der Waals surface area contributed by atoms with Crippen LogP contribution in [0.1, 0.15) is 0 Å². The fourth-order valence-corrected chi connectivity index (χ4v) is 1.62. The molecule has 106 valence electrons. The molecule has 2 rings (SSSR count). The Morgan fingerprint density at radius 2 is 1.95 bits per heavy atom. The van der Waals surface area contributed by atoms with E-state index in [1.807, 2.05) is 0 Å². The number of halogens is 1. The van der Waals surface area contributed by atoms with Crippen LogP contribution in [0.4, 0.5) is 10.5 Å². The quantitative estimate of drug-likeness (QED) is 0.553. The van der Waals surface area contributed by atoms with Gasteiger partial charge in [0.1, 0.15) is 5.10 Å². The first-order valence-electron chi connectivity index (χ1n) is 5.57. The second-order valence-electron chi connectivity index (χ2n) is 3.83. The van der Waals surface area contributed by atoms with E-state index in [0.29, 0.717) is 10.7 Å². The molecule has 3 N–H and O–H groups in total. The van der Waals surface area contributed by atoms with Gasteiger partial charge >= 0.3 is 6.03 Å². The van der Waals surface area contributed by atoms with Crippen LogP contribution in [0.15, 0.2) is 29.4 Å². The highest BCUT2D eigenvalue weighted by Crippen LogP contribution is 2.13. The number of urea groups is 1. The Morgan fingerprint density at radius 1 is 1.35 bits per heavy atom. The predicted molar refractivity (Wildman–Crippen MR) is 72.7 cm³/mol. The maximum absolute atomic E-state index is 11.9. The van der Waals surface area contributed by atoms with Crippen LogP contribution >= 0.6 is 11.6 Å². The van der Waals surface area contributed by atoms with Gasteiger partial charge in [-0.2, -0.15) is 0 Å². The van der Waals surface area contributed by atoms with E-state index in [4.69, 9.17) is 11.6 Å². The summed E-state index contributed by atoms with van der Waals surface area (Å²) in [6.07, 6.45) is 0. The third kappa shape index (κ3) is 3.72. The van der Waals surface area contributed by atoms with Gasteiger partial charge in [0, 0.05) is 10.7 Å². The van der Waals surface area contributed by atoms with E-state index in [0.717, 1.165) is 0 Å². The highest BCUT2D eigenvalue weighted by atomic mass is 35.5. The molecule has 0 atom stereocenters. The number of benzene rings is 1. The zero-order chi connectivity index (χ0) is 14.5. The lowest BCUT2D eigenvalue weighted by atomic mass is 10.3. The van der Waals surface area contributed by atoms with Gasteiger partial charge in [0.05, 0.1) is 13.3 Å². The van der Waals surface area contributed by atoms with Gasteiger partial charge in [-0.25, -0.2) is 14.9 Å². The topological polar surface area (TPSA) is 112 Å². The number of carbonyl (C=O) groups is 1. The number of anilines is 1. The Hall–Kier alpha value is -2.55. The van der Waals surface area contributed by atoms with Crippen LogP contribution in [-0.4, -0.2) is 35.3 Å². The monoisotopic (exact) mass is 298 g/mol. The molecule has 10 heteroatoms. The molecule has 1 aromatic rings. The van der Waals surface area contributed by atoms with Crippen LogP contribution in [0.3, 0.4) is 0 Å². The summed E-state index contributed by atoms with van der Waals surface area (Å²) in [5.74, 6) is 0.0190. The lowest BCUT2D eigenvalue weighted by Crippen LogP contribution is -2.57. The van der Waals surface area contributed by atoms with Crippen molar-refractivity contribution in [2.45, 2.75) is 0 Å². The van der Waals surface area contributed by atoms with Crippen molar-refractivity contribution in [2.75, 3.05) is 18.7 Å². The summed E-state index contributed by atoms with van der Waals surface area (Å²) in [5, 5.41) is 20.9. The van der Waals surface area contributed by atoms with Crippen LogP contribution < -0.4 is 16.0 Å². The molecule has 9 nitrogen and oxygen atoms in total. The molecule has 0 saturated carbocycles. The van der Waals surface area contributed by atoms with Crippen LogP contribution in [0.25, 0.3) is 0 Å². The van der Waals surface area contributed by atoms with Crippen molar-refractivity contribution in [2.24, 2.45) is 5.10 Å². The summed E-state index contributed by atoms with van der Waals surface area (Å²) in [7, 11) is 0. The molecule has 0 radical (unpaired) electrons. The van der Waals surface area contributed by atoms with Gasteiger partial charge in [0.15, 0.2) is 5.03 Å². The summed E-state index contributed by atoms with van der Waals surface area (Å²) >= 11 is 5.74. The lowest BCUT2D eigenvalue weighted by molar-refractivity contribution is -0.485. The van der Waals surface area contributed by atoms with Crippen LogP contribution in [0.2, 0.25) is 5.02 Å². The number of hydrazone groups is 1. The van der Waals surface area contributed by atoms with Gasteiger partial charge in [-0.3, -0.25) is 4.90 Å². The summed E-state index contributed by atoms with van der Waals surface area (Å²) < 4.78 is 0. The summed E-state index contributed by atoms with van der Waals surface area (Å²) in [6.45, 7) is 0.220. The first-order chi connectivity index (χ1) is 9.54. The second-order valence-corrected chi connectivity index (χ2v) is 4.27. The van der Waals surface area contributed by atoms with Crippen molar-refractivity contribution in [1.82, 2.24) is 15.5 Å². The Morgan fingerprint density at radius 3 is 2.50 bits per heavy atom. The molecule has 1 fully saturated rings. The number of guanidine groups is 1. The van der Waals surface area contributed by atoms with Gasteiger partial charge in [0.2, 0.25) is 0 Å². The number of carbonyl (C=O) groups excluding carboxylic acids is 1. The average molecular weight is 299 g/mol. The highest BCUT2D eigenvalue weighted by molar-refractivity contribution is 6.30. The number of amides is 2. The van der Waals surface area contributed by atoms with E-state index in [2.05, 4.69) is 21.1 Å². The number of nitrogens with zero attached hydrogens (tertiary/aromatic N) is 3. The number of rotatable bonds is 2. The zero-order valence-corrected chi connectivity index (χ0v) is 10.9. The van der Waals surface area contributed by atoms with Gasteiger partial charge in [-0.15, -0.1) is 0 Å². The number of hydrogen-bond acceptors (Lipinski definition) is 3. The summed E-state index contributed by atoms with van der Waals surface area (Å²) in [4.78, 5) is 23.5. The van der Waals surface area contributed by atoms with Gasteiger partial charge in [-0.05, 0) is 24.3 Å². The molecule has 2 amide bonds.